The second-order valence-electron chi connectivity index (χ2n) is 7.26. The van der Waals surface area contributed by atoms with E-state index in [2.05, 4.69) is 12.2 Å². The van der Waals surface area contributed by atoms with Crippen LogP contribution in [0.3, 0.4) is 0 Å². The lowest BCUT2D eigenvalue weighted by Gasteiger charge is -2.18. The monoisotopic (exact) mass is 343 g/mol. The van der Waals surface area contributed by atoms with Crippen LogP contribution in [0.15, 0.2) is 66.7 Å². The molecule has 128 valence electrons. The Morgan fingerprint density at radius 3 is 2.08 bits per heavy atom. The van der Waals surface area contributed by atoms with Crippen LogP contribution in [-0.4, -0.2) is 17.6 Å². The number of ketones is 1. The van der Waals surface area contributed by atoms with E-state index in [0.29, 0.717) is 16.8 Å². The summed E-state index contributed by atoms with van der Waals surface area (Å²) in [6.07, 6.45) is 5.07. The second-order valence-corrected chi connectivity index (χ2v) is 7.26. The summed E-state index contributed by atoms with van der Waals surface area (Å²) in [5, 5.41) is 0. The molecule has 2 fully saturated rings. The Kier molecular flexibility index (Phi) is 3.23. The third kappa shape index (κ3) is 2.05. The number of carbonyl (C=O) groups is 3. The number of anilines is 1. The van der Waals surface area contributed by atoms with Crippen LogP contribution >= 0.6 is 0 Å². The molecule has 0 radical (unpaired) electrons. The molecular weight excluding hydrogens is 326 g/mol. The number of carbonyl (C=O) groups excluding carboxylic acids is 3. The number of hydrogen-bond donors (Lipinski definition) is 0. The number of fused-ring (bicyclic) bond motifs is 5. The summed E-state index contributed by atoms with van der Waals surface area (Å²) in [4.78, 5) is 39.8. The smallest absolute Gasteiger partial charge is 0.238 e. The Morgan fingerprint density at radius 1 is 0.808 bits per heavy atom. The zero-order chi connectivity index (χ0) is 17.8. The van der Waals surface area contributed by atoms with Crippen LogP contribution in [0.25, 0.3) is 0 Å². The van der Waals surface area contributed by atoms with E-state index in [9.17, 15) is 14.4 Å². The van der Waals surface area contributed by atoms with Crippen LogP contribution in [-0.2, 0) is 9.59 Å². The van der Waals surface area contributed by atoms with Crippen LogP contribution in [0.4, 0.5) is 5.69 Å². The van der Waals surface area contributed by atoms with Gasteiger partial charge in [-0.15, -0.1) is 0 Å². The van der Waals surface area contributed by atoms with Gasteiger partial charge in [-0.3, -0.25) is 14.4 Å². The molecule has 0 aromatic heterocycles. The topological polar surface area (TPSA) is 54.5 Å². The standard InChI is InChI=1S/C22H17NO3/c24-20(13-5-2-1-3-6-13)16-7-4-8-17(12-16)23-21(25)18-14-9-10-15(11-14)19(18)22(23)26/h1-10,12,14-15,18-19H,11H2/t14-,15-,18-,19+/m1/s1. The van der Waals surface area contributed by atoms with Crippen LogP contribution in [0.2, 0.25) is 0 Å². The van der Waals surface area contributed by atoms with Gasteiger partial charge in [0.05, 0.1) is 17.5 Å². The molecule has 1 aliphatic heterocycles. The molecule has 0 spiro atoms. The van der Waals surface area contributed by atoms with Crippen molar-refractivity contribution in [1.82, 2.24) is 0 Å². The summed E-state index contributed by atoms with van der Waals surface area (Å²) in [5.74, 6) is -0.464. The molecule has 26 heavy (non-hydrogen) atoms. The van der Waals surface area contributed by atoms with E-state index < -0.39 is 0 Å². The summed E-state index contributed by atoms with van der Waals surface area (Å²) >= 11 is 0. The zero-order valence-corrected chi connectivity index (χ0v) is 14.0. The lowest BCUT2D eigenvalue weighted by molar-refractivity contribution is -0.123. The highest BCUT2D eigenvalue weighted by Gasteiger charge is 2.59. The van der Waals surface area contributed by atoms with E-state index in [1.165, 1.54) is 4.90 Å². The lowest BCUT2D eigenvalue weighted by atomic mass is 9.85. The highest BCUT2D eigenvalue weighted by Crippen LogP contribution is 2.53. The minimum atomic E-state index is -0.231. The molecule has 2 aliphatic carbocycles. The summed E-state index contributed by atoms with van der Waals surface area (Å²) in [5.41, 5.74) is 1.56. The van der Waals surface area contributed by atoms with Gasteiger partial charge in [-0.25, -0.2) is 4.90 Å². The first-order valence-corrected chi connectivity index (χ1v) is 8.91. The molecule has 1 heterocycles. The van der Waals surface area contributed by atoms with Crippen molar-refractivity contribution in [2.45, 2.75) is 6.42 Å². The molecule has 0 N–H and O–H groups in total. The Morgan fingerprint density at radius 2 is 1.42 bits per heavy atom. The summed E-state index contributed by atoms with van der Waals surface area (Å²) in [6.45, 7) is 0. The van der Waals surface area contributed by atoms with Gasteiger partial charge in [0.1, 0.15) is 0 Å². The van der Waals surface area contributed by atoms with Gasteiger partial charge >= 0.3 is 0 Å². The van der Waals surface area contributed by atoms with Gasteiger partial charge < -0.3 is 0 Å². The number of imide groups is 1. The SMILES string of the molecule is O=C(c1ccccc1)c1cccc(N2C(=O)[C@@H]3[C@H](C2=O)[C@@H]2C=C[C@@H]3C2)c1. The van der Waals surface area contributed by atoms with Gasteiger partial charge in [-0.2, -0.15) is 0 Å². The third-order valence-corrected chi connectivity index (χ3v) is 5.87. The number of amides is 2. The van der Waals surface area contributed by atoms with Crippen LogP contribution in [0.1, 0.15) is 22.3 Å². The van der Waals surface area contributed by atoms with Gasteiger partial charge in [-0.1, -0.05) is 54.6 Å². The molecule has 4 heteroatoms. The maximum absolute atomic E-state index is 12.9. The van der Waals surface area contributed by atoms with Gasteiger partial charge in [0.2, 0.25) is 11.8 Å². The van der Waals surface area contributed by atoms with Gasteiger partial charge in [-0.05, 0) is 30.4 Å². The minimum absolute atomic E-state index is 0.117. The van der Waals surface area contributed by atoms with Crippen molar-refractivity contribution in [3.8, 4) is 0 Å². The van der Waals surface area contributed by atoms with Crippen molar-refractivity contribution in [3.63, 3.8) is 0 Å². The van der Waals surface area contributed by atoms with E-state index in [1.807, 2.05) is 18.2 Å². The number of hydrogen-bond acceptors (Lipinski definition) is 3. The fourth-order valence-electron chi connectivity index (χ4n) is 4.70. The van der Waals surface area contributed by atoms with Crippen molar-refractivity contribution in [1.29, 1.82) is 0 Å². The summed E-state index contributed by atoms with van der Waals surface area (Å²) < 4.78 is 0. The number of nitrogens with zero attached hydrogens (tertiary/aromatic N) is 1. The lowest BCUT2D eigenvalue weighted by Crippen LogP contribution is -2.33. The molecule has 3 aliphatic rings. The maximum atomic E-state index is 12.9. The largest absolute Gasteiger partial charge is 0.289 e. The zero-order valence-electron chi connectivity index (χ0n) is 14.0. The van der Waals surface area contributed by atoms with Gasteiger partial charge in [0.25, 0.3) is 0 Å². The molecule has 5 rings (SSSR count). The first-order valence-electron chi connectivity index (χ1n) is 8.91. The Labute approximate surface area is 151 Å². The van der Waals surface area contributed by atoms with Gasteiger partial charge in [0, 0.05) is 11.1 Å². The predicted octanol–water partition coefficient (Wildman–Crippen LogP) is 3.23. The minimum Gasteiger partial charge on any atom is -0.289 e. The highest BCUT2D eigenvalue weighted by molar-refractivity contribution is 6.23. The molecule has 2 amide bonds. The fourth-order valence-corrected chi connectivity index (χ4v) is 4.70. The molecule has 0 unspecified atom stereocenters. The molecular formula is C22H17NO3. The molecule has 4 atom stereocenters. The molecule has 2 bridgehead atoms. The molecule has 1 saturated carbocycles. The molecule has 2 aromatic rings. The van der Waals surface area contributed by atoms with Gasteiger partial charge in [0.15, 0.2) is 5.78 Å². The number of allylic oxidation sites excluding steroid dienone is 2. The summed E-state index contributed by atoms with van der Waals surface area (Å²) in [6, 6.07) is 15.8. The highest BCUT2D eigenvalue weighted by atomic mass is 16.2. The maximum Gasteiger partial charge on any atom is 0.238 e. The van der Waals surface area contributed by atoms with E-state index in [4.69, 9.17) is 0 Å². The van der Waals surface area contributed by atoms with Crippen molar-refractivity contribution in [2.75, 3.05) is 4.90 Å². The molecule has 2 aromatic carbocycles. The average Bonchev–Trinajstić information content (AvgIpc) is 3.36. The average molecular weight is 343 g/mol. The predicted molar refractivity (Wildman–Crippen MR) is 96.5 cm³/mol. The van der Waals surface area contributed by atoms with Crippen molar-refractivity contribution < 1.29 is 14.4 Å². The Bertz CT molecular complexity index is 932. The third-order valence-electron chi connectivity index (χ3n) is 5.87. The van der Waals surface area contributed by atoms with E-state index in [-0.39, 0.29) is 41.3 Å². The van der Waals surface area contributed by atoms with Crippen molar-refractivity contribution in [2.24, 2.45) is 23.7 Å². The van der Waals surface area contributed by atoms with Crippen LogP contribution < -0.4 is 4.90 Å². The number of rotatable bonds is 3. The fraction of sp³-hybridized carbons (Fsp3) is 0.227. The van der Waals surface area contributed by atoms with E-state index in [0.717, 1.165) is 6.42 Å². The normalized spacial score (nSPS) is 28.7. The first-order chi connectivity index (χ1) is 12.6. The van der Waals surface area contributed by atoms with Crippen molar-refractivity contribution >= 4 is 23.3 Å². The van der Waals surface area contributed by atoms with Crippen LogP contribution in [0.5, 0.6) is 0 Å². The number of benzene rings is 2. The Hall–Kier alpha value is -3.01. The Balaban J connectivity index is 1.49. The van der Waals surface area contributed by atoms with Crippen LogP contribution in [0, 0.1) is 23.7 Å². The quantitative estimate of drug-likeness (QED) is 0.488. The van der Waals surface area contributed by atoms with E-state index in [1.54, 1.807) is 36.4 Å². The van der Waals surface area contributed by atoms with E-state index >= 15 is 0 Å². The summed E-state index contributed by atoms with van der Waals surface area (Å²) in [7, 11) is 0. The first kappa shape index (κ1) is 15.3. The second kappa shape index (κ2) is 5.49. The molecule has 4 nitrogen and oxygen atoms in total. The molecule has 1 saturated heterocycles. The van der Waals surface area contributed by atoms with Crippen molar-refractivity contribution in [3.05, 3.63) is 77.9 Å².